The van der Waals surface area contributed by atoms with Crippen LogP contribution in [0.25, 0.3) is 0 Å². The number of allylic oxidation sites excluding steroid dienone is 2. The van der Waals surface area contributed by atoms with Gasteiger partial charge >= 0.3 is 0 Å². The van der Waals surface area contributed by atoms with Crippen LogP contribution in [0.5, 0.6) is 0 Å². The van der Waals surface area contributed by atoms with Crippen LogP contribution in [0.15, 0.2) is 54.6 Å². The molecule has 2 aromatic rings. The van der Waals surface area contributed by atoms with Gasteiger partial charge in [-0.2, -0.15) is 0 Å². The second kappa shape index (κ2) is 5.13. The number of fused-ring (bicyclic) bond motifs is 3. The third-order valence-electron chi connectivity index (χ3n) is 4.53. The molecular weight excluding hydrogens is 376 g/mol. The maximum absolute atomic E-state index is 13.6. The summed E-state index contributed by atoms with van der Waals surface area (Å²) in [7, 11) is 0. The monoisotopic (exact) mass is 391 g/mol. The zero-order chi connectivity index (χ0) is 14.4. The van der Waals surface area contributed by atoms with Crippen molar-refractivity contribution in [2.75, 3.05) is 5.32 Å². The molecule has 21 heavy (non-hydrogen) atoms. The zero-order valence-corrected chi connectivity index (χ0v) is 13.5. The summed E-state index contributed by atoms with van der Waals surface area (Å²) in [4.78, 5) is 0. The first-order valence-corrected chi connectivity index (χ1v) is 8.28. The molecule has 0 unspecified atom stereocenters. The van der Waals surface area contributed by atoms with Crippen molar-refractivity contribution in [1.82, 2.24) is 0 Å². The van der Waals surface area contributed by atoms with Crippen LogP contribution in [-0.2, 0) is 0 Å². The molecule has 1 N–H and O–H groups in total. The van der Waals surface area contributed by atoms with Crippen molar-refractivity contribution in [3.8, 4) is 0 Å². The van der Waals surface area contributed by atoms with E-state index in [0.29, 0.717) is 11.8 Å². The lowest BCUT2D eigenvalue weighted by Crippen LogP contribution is -2.29. The van der Waals surface area contributed by atoms with Crippen LogP contribution < -0.4 is 5.32 Å². The average molecular weight is 391 g/mol. The summed E-state index contributed by atoms with van der Waals surface area (Å²) in [5, 5.41) is 3.63. The van der Waals surface area contributed by atoms with E-state index in [1.165, 1.54) is 20.9 Å². The summed E-state index contributed by atoms with van der Waals surface area (Å²) in [5.74, 6) is 0.743. The zero-order valence-electron chi connectivity index (χ0n) is 11.4. The lowest BCUT2D eigenvalue weighted by atomic mass is 9.77. The fraction of sp³-hybridized carbons (Fsp3) is 0.222. The molecule has 1 heterocycles. The Bertz CT molecular complexity index is 725. The van der Waals surface area contributed by atoms with Gasteiger partial charge in [0.2, 0.25) is 0 Å². The number of hydrogen-bond donors (Lipinski definition) is 1. The van der Waals surface area contributed by atoms with Gasteiger partial charge in [0.05, 0.1) is 6.04 Å². The molecule has 1 nitrogen and oxygen atoms in total. The SMILES string of the molecule is Fc1cccc([C@@H]2Nc3ccc(I)cc3[C@H]3C=CC[C@@H]32)c1. The maximum Gasteiger partial charge on any atom is 0.123 e. The van der Waals surface area contributed by atoms with E-state index in [2.05, 4.69) is 58.3 Å². The van der Waals surface area contributed by atoms with E-state index in [1.54, 1.807) is 12.1 Å². The van der Waals surface area contributed by atoms with Crippen LogP contribution in [0.3, 0.4) is 0 Å². The third kappa shape index (κ3) is 2.27. The second-order valence-corrected chi connectivity index (χ2v) is 7.01. The van der Waals surface area contributed by atoms with Crippen molar-refractivity contribution < 1.29 is 4.39 Å². The fourth-order valence-electron chi connectivity index (χ4n) is 3.60. The molecule has 0 aromatic heterocycles. The summed E-state index contributed by atoms with van der Waals surface area (Å²) in [6, 6.07) is 13.7. The van der Waals surface area contributed by atoms with Gasteiger partial charge in [-0.1, -0.05) is 24.3 Å². The highest BCUT2D eigenvalue weighted by Gasteiger charge is 2.37. The third-order valence-corrected chi connectivity index (χ3v) is 5.20. The molecule has 3 heteroatoms. The van der Waals surface area contributed by atoms with Gasteiger partial charge in [0.15, 0.2) is 0 Å². The van der Waals surface area contributed by atoms with Crippen molar-refractivity contribution in [3.63, 3.8) is 0 Å². The summed E-state index contributed by atoms with van der Waals surface area (Å²) >= 11 is 2.36. The minimum Gasteiger partial charge on any atom is -0.378 e. The number of benzene rings is 2. The summed E-state index contributed by atoms with van der Waals surface area (Å²) < 4.78 is 14.8. The first-order valence-electron chi connectivity index (χ1n) is 7.20. The fourth-order valence-corrected chi connectivity index (χ4v) is 4.11. The predicted molar refractivity (Wildman–Crippen MR) is 91.9 cm³/mol. The molecule has 2 aliphatic rings. The van der Waals surface area contributed by atoms with Crippen LogP contribution in [-0.4, -0.2) is 0 Å². The predicted octanol–water partition coefficient (Wildman–Crippen LogP) is 5.26. The smallest absolute Gasteiger partial charge is 0.123 e. The Kier molecular flexibility index (Phi) is 3.25. The Morgan fingerprint density at radius 1 is 1.14 bits per heavy atom. The summed E-state index contributed by atoms with van der Waals surface area (Å²) in [6.45, 7) is 0. The highest BCUT2D eigenvalue weighted by Crippen LogP contribution is 2.49. The van der Waals surface area contributed by atoms with Crippen molar-refractivity contribution in [3.05, 3.63) is 75.1 Å². The lowest BCUT2D eigenvalue weighted by Gasteiger charge is -2.37. The van der Waals surface area contributed by atoms with E-state index >= 15 is 0 Å². The standard InChI is InChI=1S/C18H15FIN/c19-12-4-1-3-11(9-12)18-15-6-2-5-14(15)16-10-13(20)7-8-17(16)21-18/h1-5,7-10,14-15,18,21H,6H2/t14-,15-,18-/m0/s1. The number of halogens is 2. The number of hydrogen-bond acceptors (Lipinski definition) is 1. The molecule has 4 rings (SSSR count). The largest absolute Gasteiger partial charge is 0.378 e. The van der Waals surface area contributed by atoms with Gasteiger partial charge in [0.25, 0.3) is 0 Å². The Labute approximate surface area is 137 Å². The first kappa shape index (κ1) is 13.3. The minimum absolute atomic E-state index is 0.162. The highest BCUT2D eigenvalue weighted by molar-refractivity contribution is 14.1. The topological polar surface area (TPSA) is 12.0 Å². The quantitative estimate of drug-likeness (QED) is 0.517. The number of rotatable bonds is 1. The Balaban J connectivity index is 1.80. The van der Waals surface area contributed by atoms with Crippen molar-refractivity contribution in [1.29, 1.82) is 0 Å². The van der Waals surface area contributed by atoms with E-state index in [9.17, 15) is 4.39 Å². The Morgan fingerprint density at radius 3 is 2.90 bits per heavy atom. The van der Waals surface area contributed by atoms with Gasteiger partial charge in [-0.05, 0) is 76.4 Å². The summed E-state index contributed by atoms with van der Waals surface area (Å²) in [5.41, 5.74) is 3.59. The molecule has 0 spiro atoms. The Morgan fingerprint density at radius 2 is 2.05 bits per heavy atom. The molecule has 0 radical (unpaired) electrons. The molecule has 0 bridgehead atoms. The Hall–Kier alpha value is -1.36. The van der Waals surface area contributed by atoms with E-state index in [0.717, 1.165) is 12.0 Å². The van der Waals surface area contributed by atoms with Gasteiger partial charge in [0, 0.05) is 15.2 Å². The summed E-state index contributed by atoms with van der Waals surface area (Å²) in [6.07, 6.45) is 5.62. The van der Waals surface area contributed by atoms with E-state index < -0.39 is 0 Å². The molecule has 0 amide bonds. The normalized spacial score (nSPS) is 26.1. The molecule has 1 aliphatic carbocycles. The van der Waals surface area contributed by atoms with E-state index in [1.807, 2.05) is 6.07 Å². The molecule has 0 saturated heterocycles. The molecule has 1 aliphatic heterocycles. The second-order valence-electron chi connectivity index (χ2n) is 5.76. The highest BCUT2D eigenvalue weighted by atomic mass is 127. The maximum atomic E-state index is 13.6. The molecule has 2 aromatic carbocycles. The van der Waals surface area contributed by atoms with Gasteiger partial charge in [-0.15, -0.1) is 0 Å². The van der Waals surface area contributed by atoms with Crippen LogP contribution in [0.1, 0.15) is 29.5 Å². The van der Waals surface area contributed by atoms with Crippen LogP contribution in [0.4, 0.5) is 10.1 Å². The lowest BCUT2D eigenvalue weighted by molar-refractivity contribution is 0.424. The number of nitrogens with one attached hydrogen (secondary N) is 1. The average Bonchev–Trinajstić information content (AvgIpc) is 2.96. The van der Waals surface area contributed by atoms with Gasteiger partial charge in [-0.3, -0.25) is 0 Å². The van der Waals surface area contributed by atoms with Crippen molar-refractivity contribution in [2.45, 2.75) is 18.4 Å². The van der Waals surface area contributed by atoms with E-state index in [4.69, 9.17) is 0 Å². The van der Waals surface area contributed by atoms with Gasteiger partial charge < -0.3 is 5.32 Å². The van der Waals surface area contributed by atoms with Crippen LogP contribution >= 0.6 is 22.6 Å². The van der Waals surface area contributed by atoms with Crippen molar-refractivity contribution in [2.24, 2.45) is 5.92 Å². The van der Waals surface area contributed by atoms with E-state index in [-0.39, 0.29) is 11.9 Å². The van der Waals surface area contributed by atoms with Crippen LogP contribution in [0, 0.1) is 15.3 Å². The minimum atomic E-state index is -0.162. The first-order chi connectivity index (χ1) is 10.2. The van der Waals surface area contributed by atoms with Crippen LogP contribution in [0.2, 0.25) is 0 Å². The molecule has 0 fully saturated rings. The van der Waals surface area contributed by atoms with Gasteiger partial charge in [0.1, 0.15) is 5.82 Å². The number of anilines is 1. The molecule has 106 valence electrons. The van der Waals surface area contributed by atoms with Gasteiger partial charge in [-0.25, -0.2) is 4.39 Å². The molecule has 0 saturated carbocycles. The molecular formula is C18H15FIN. The molecule has 3 atom stereocenters. The van der Waals surface area contributed by atoms with Crippen molar-refractivity contribution >= 4 is 28.3 Å².